The lowest BCUT2D eigenvalue weighted by atomic mass is 10.0. The molecule has 0 aliphatic carbocycles. The van der Waals surface area contributed by atoms with Gasteiger partial charge in [-0.2, -0.15) is 10.1 Å². The van der Waals surface area contributed by atoms with Crippen LogP contribution in [0.5, 0.6) is 0 Å². The molecule has 2 aliphatic heterocycles. The summed E-state index contributed by atoms with van der Waals surface area (Å²) in [7, 11) is 0. The Morgan fingerprint density at radius 2 is 1.84 bits per heavy atom. The first-order valence-electron chi connectivity index (χ1n) is 8.27. The lowest BCUT2D eigenvalue weighted by Gasteiger charge is -2.20. The van der Waals surface area contributed by atoms with Gasteiger partial charge in [0.2, 0.25) is 0 Å². The second-order valence-electron chi connectivity index (χ2n) is 6.72. The van der Waals surface area contributed by atoms with Gasteiger partial charge in [0.25, 0.3) is 11.6 Å². The van der Waals surface area contributed by atoms with Gasteiger partial charge in [0.05, 0.1) is 0 Å². The number of halogens is 1. The van der Waals surface area contributed by atoms with E-state index in [9.17, 15) is 9.18 Å². The topological polar surface area (TPSA) is 78.3 Å². The third-order valence-corrected chi connectivity index (χ3v) is 5.08. The molecule has 25 heavy (non-hydrogen) atoms. The average molecular weight is 341 g/mol. The van der Waals surface area contributed by atoms with Gasteiger partial charge in [-0.25, -0.2) is 9.49 Å². The molecule has 1 aromatic carbocycles. The number of rotatable bonds is 2. The maximum atomic E-state index is 13.3. The highest BCUT2D eigenvalue weighted by Crippen LogP contribution is 2.36. The van der Waals surface area contributed by atoms with Gasteiger partial charge in [-0.1, -0.05) is 0 Å². The van der Waals surface area contributed by atoms with E-state index in [1.54, 1.807) is 12.1 Å². The summed E-state index contributed by atoms with van der Waals surface area (Å²) in [5.74, 6) is 1.45. The van der Waals surface area contributed by atoms with Crippen molar-refractivity contribution in [3.05, 3.63) is 46.5 Å². The summed E-state index contributed by atoms with van der Waals surface area (Å²) >= 11 is 0. The van der Waals surface area contributed by atoms with Gasteiger partial charge >= 0.3 is 0 Å². The third-order valence-electron chi connectivity index (χ3n) is 5.08. The highest BCUT2D eigenvalue weighted by molar-refractivity contribution is 5.74. The van der Waals surface area contributed by atoms with Gasteiger partial charge in [-0.3, -0.25) is 4.79 Å². The number of H-pyrrole nitrogens is 1. The first-order chi connectivity index (χ1) is 12.2. The van der Waals surface area contributed by atoms with Crippen molar-refractivity contribution in [3.63, 3.8) is 0 Å². The molecule has 7 nitrogen and oxygen atoms in total. The van der Waals surface area contributed by atoms with Gasteiger partial charge in [0, 0.05) is 50.1 Å². The van der Waals surface area contributed by atoms with Crippen LogP contribution in [0.25, 0.3) is 11.1 Å². The number of nitrogens with one attached hydrogen (secondary N) is 1. The summed E-state index contributed by atoms with van der Waals surface area (Å²) in [5, 5.41) is 6.59. The molecule has 4 heterocycles. The van der Waals surface area contributed by atoms with Crippen LogP contribution < -0.4 is 15.4 Å². The van der Waals surface area contributed by atoms with Crippen LogP contribution in [0.1, 0.15) is 0 Å². The van der Waals surface area contributed by atoms with E-state index in [1.807, 2.05) is 0 Å². The predicted octanol–water partition coefficient (Wildman–Crippen LogP) is 1.62. The largest absolute Gasteiger partial charge is 0.423 e. The van der Waals surface area contributed by atoms with Crippen LogP contribution in [0.4, 0.5) is 16.2 Å². The lowest BCUT2D eigenvalue weighted by Crippen LogP contribution is -2.29. The van der Waals surface area contributed by atoms with Crippen molar-refractivity contribution < 1.29 is 8.81 Å². The van der Waals surface area contributed by atoms with E-state index in [0.717, 1.165) is 32.0 Å². The Labute approximate surface area is 142 Å². The molecule has 0 radical (unpaired) electrons. The van der Waals surface area contributed by atoms with Gasteiger partial charge in [0.15, 0.2) is 5.58 Å². The summed E-state index contributed by atoms with van der Waals surface area (Å²) < 4.78 is 19.0. The first-order valence-corrected chi connectivity index (χ1v) is 8.27. The molecule has 2 atom stereocenters. The Morgan fingerprint density at radius 3 is 2.56 bits per heavy atom. The fourth-order valence-electron chi connectivity index (χ4n) is 3.87. The molecule has 8 heteroatoms. The normalized spacial score (nSPS) is 22.8. The molecule has 5 rings (SSSR count). The number of hydrogen-bond acceptors (Lipinski definition) is 6. The Hall–Kier alpha value is -2.90. The fraction of sp³-hybridized carbons (Fsp3) is 0.353. The van der Waals surface area contributed by atoms with Crippen molar-refractivity contribution >= 4 is 22.9 Å². The number of aromatic nitrogens is 3. The zero-order valence-electron chi connectivity index (χ0n) is 13.4. The SMILES string of the molecule is O=c1ccc(N2CC3CN(c4nc5ccc(F)cc5o4)CC3C2)n[nH]1. The van der Waals surface area contributed by atoms with Crippen LogP contribution in [0.3, 0.4) is 0 Å². The van der Waals surface area contributed by atoms with E-state index >= 15 is 0 Å². The van der Waals surface area contributed by atoms with E-state index in [0.29, 0.717) is 29.0 Å². The number of aromatic amines is 1. The van der Waals surface area contributed by atoms with E-state index < -0.39 is 0 Å². The van der Waals surface area contributed by atoms with Crippen LogP contribution in [-0.2, 0) is 0 Å². The molecule has 0 bridgehead atoms. The van der Waals surface area contributed by atoms with Crippen LogP contribution in [0.2, 0.25) is 0 Å². The minimum atomic E-state index is -0.322. The van der Waals surface area contributed by atoms with E-state index in [4.69, 9.17) is 4.42 Å². The number of oxazole rings is 1. The number of benzene rings is 1. The van der Waals surface area contributed by atoms with Gasteiger partial charge < -0.3 is 14.2 Å². The maximum absolute atomic E-state index is 13.3. The molecule has 0 saturated carbocycles. The maximum Gasteiger partial charge on any atom is 0.298 e. The monoisotopic (exact) mass is 341 g/mol. The van der Waals surface area contributed by atoms with E-state index in [1.165, 1.54) is 18.2 Å². The van der Waals surface area contributed by atoms with E-state index in [-0.39, 0.29) is 11.4 Å². The Balaban J connectivity index is 1.33. The molecule has 2 aromatic heterocycles. The number of anilines is 2. The van der Waals surface area contributed by atoms with Crippen molar-refractivity contribution in [2.75, 3.05) is 36.0 Å². The first kappa shape index (κ1) is 14.4. The lowest BCUT2D eigenvalue weighted by molar-refractivity contribution is 0.533. The van der Waals surface area contributed by atoms with Crippen molar-refractivity contribution in [1.29, 1.82) is 0 Å². The molecule has 0 amide bonds. The van der Waals surface area contributed by atoms with Crippen molar-refractivity contribution in [2.24, 2.45) is 11.8 Å². The smallest absolute Gasteiger partial charge is 0.298 e. The standard InChI is InChI=1S/C17H16FN5O2/c18-12-1-2-13-14(5-12)25-17(19-13)23-8-10-6-22(7-11(10)9-23)15-3-4-16(24)21-20-15/h1-5,10-11H,6-9H2,(H,21,24). The minimum absolute atomic E-state index is 0.193. The fourth-order valence-corrected chi connectivity index (χ4v) is 3.87. The van der Waals surface area contributed by atoms with Crippen molar-refractivity contribution in [1.82, 2.24) is 15.2 Å². The quantitative estimate of drug-likeness (QED) is 0.763. The summed E-state index contributed by atoms with van der Waals surface area (Å²) in [5.41, 5.74) is 0.959. The molecule has 128 valence electrons. The molecule has 0 spiro atoms. The number of fused-ring (bicyclic) bond motifs is 2. The summed E-state index contributed by atoms with van der Waals surface area (Å²) in [6.45, 7) is 3.46. The molecular formula is C17H16FN5O2. The average Bonchev–Trinajstić information content (AvgIpc) is 3.26. The van der Waals surface area contributed by atoms with Gasteiger partial charge in [0.1, 0.15) is 17.2 Å². The molecule has 1 N–H and O–H groups in total. The summed E-state index contributed by atoms with van der Waals surface area (Å²) in [4.78, 5) is 19.9. The van der Waals surface area contributed by atoms with Crippen LogP contribution in [0.15, 0.2) is 39.5 Å². The van der Waals surface area contributed by atoms with Gasteiger partial charge in [-0.15, -0.1) is 0 Å². The summed E-state index contributed by atoms with van der Waals surface area (Å²) in [6, 6.07) is 8.21. The minimum Gasteiger partial charge on any atom is -0.423 e. The second kappa shape index (κ2) is 5.30. The molecule has 2 aliphatic rings. The second-order valence-corrected chi connectivity index (χ2v) is 6.72. The molecular weight excluding hydrogens is 325 g/mol. The highest BCUT2D eigenvalue weighted by atomic mass is 19.1. The zero-order valence-corrected chi connectivity index (χ0v) is 13.4. The summed E-state index contributed by atoms with van der Waals surface area (Å²) in [6.07, 6.45) is 0. The number of nitrogens with zero attached hydrogens (tertiary/aromatic N) is 4. The third kappa shape index (κ3) is 2.45. The van der Waals surface area contributed by atoms with Crippen molar-refractivity contribution in [2.45, 2.75) is 0 Å². The van der Waals surface area contributed by atoms with E-state index in [2.05, 4.69) is 25.0 Å². The van der Waals surface area contributed by atoms with Crippen LogP contribution in [-0.4, -0.2) is 41.4 Å². The zero-order chi connectivity index (χ0) is 17.0. The Kier molecular flexibility index (Phi) is 3.06. The molecule has 2 unspecified atom stereocenters. The molecule has 3 aromatic rings. The van der Waals surface area contributed by atoms with Crippen LogP contribution >= 0.6 is 0 Å². The Bertz CT molecular complexity index is 966. The Morgan fingerprint density at radius 1 is 1.08 bits per heavy atom. The van der Waals surface area contributed by atoms with Gasteiger partial charge in [-0.05, 0) is 18.2 Å². The highest BCUT2D eigenvalue weighted by Gasteiger charge is 2.41. The molecule has 2 saturated heterocycles. The van der Waals surface area contributed by atoms with Crippen molar-refractivity contribution in [3.8, 4) is 0 Å². The van der Waals surface area contributed by atoms with Crippen LogP contribution in [0, 0.1) is 17.7 Å². The predicted molar refractivity (Wildman–Crippen MR) is 90.2 cm³/mol. The molecule has 2 fully saturated rings. The number of hydrogen-bond donors (Lipinski definition) is 1.